The van der Waals surface area contributed by atoms with Crippen molar-refractivity contribution in [3.8, 4) is 0 Å². The van der Waals surface area contributed by atoms with Gasteiger partial charge in [0.1, 0.15) is 13.2 Å². The largest absolute Gasteiger partial charge is 0.462 e. The van der Waals surface area contributed by atoms with Crippen LogP contribution in [0.2, 0.25) is 0 Å². The van der Waals surface area contributed by atoms with Gasteiger partial charge in [-0.3, -0.25) is 14.4 Å². The zero-order chi connectivity index (χ0) is 47.4. The van der Waals surface area contributed by atoms with Crippen molar-refractivity contribution in [2.24, 2.45) is 5.92 Å². The van der Waals surface area contributed by atoms with Gasteiger partial charge in [-0.15, -0.1) is 0 Å². The predicted octanol–water partition coefficient (Wildman–Crippen LogP) is 19.4. The highest BCUT2D eigenvalue weighted by atomic mass is 16.6. The average Bonchev–Trinajstić information content (AvgIpc) is 3.29. The number of esters is 3. The topological polar surface area (TPSA) is 78.9 Å². The fourth-order valence-electron chi connectivity index (χ4n) is 9.10. The number of hydrogen-bond acceptors (Lipinski definition) is 6. The van der Waals surface area contributed by atoms with Crippen molar-refractivity contribution in [3.63, 3.8) is 0 Å². The smallest absolute Gasteiger partial charge is 0.306 e. The summed E-state index contributed by atoms with van der Waals surface area (Å²) in [6.07, 6.45) is 58.1. The van der Waals surface area contributed by atoms with Gasteiger partial charge in [0.05, 0.1) is 0 Å². The Morgan fingerprint density at radius 3 is 0.754 bits per heavy atom. The molecular weight excluding hydrogens is 805 g/mol. The van der Waals surface area contributed by atoms with Crippen molar-refractivity contribution in [2.45, 2.75) is 342 Å². The Bertz CT molecular complexity index is 980. The van der Waals surface area contributed by atoms with E-state index < -0.39 is 6.10 Å². The molecule has 0 aromatic carbocycles. The third kappa shape index (κ3) is 53.2. The van der Waals surface area contributed by atoms with Crippen LogP contribution in [0.3, 0.4) is 0 Å². The zero-order valence-electron chi connectivity index (χ0n) is 44.5. The first kappa shape index (κ1) is 63.4. The summed E-state index contributed by atoms with van der Waals surface area (Å²) in [5, 5.41) is 0. The summed E-state index contributed by atoms with van der Waals surface area (Å²) in [7, 11) is 0. The molecule has 0 amide bonds. The summed E-state index contributed by atoms with van der Waals surface area (Å²) in [4.78, 5) is 38.1. The average molecular weight is 920 g/mol. The van der Waals surface area contributed by atoms with Crippen molar-refractivity contribution in [1.29, 1.82) is 0 Å². The predicted molar refractivity (Wildman–Crippen MR) is 280 cm³/mol. The molecule has 0 N–H and O–H groups in total. The summed E-state index contributed by atoms with van der Waals surface area (Å²) in [6, 6.07) is 0. The molecule has 0 spiro atoms. The third-order valence-electron chi connectivity index (χ3n) is 13.5. The number of hydrogen-bond donors (Lipinski definition) is 0. The molecule has 0 saturated heterocycles. The second-order valence-electron chi connectivity index (χ2n) is 20.8. The lowest BCUT2D eigenvalue weighted by Crippen LogP contribution is -2.30. The number of ether oxygens (including phenoxy) is 3. The van der Waals surface area contributed by atoms with Crippen LogP contribution >= 0.6 is 0 Å². The quantitative estimate of drug-likeness (QED) is 0.0344. The van der Waals surface area contributed by atoms with Crippen LogP contribution in [-0.4, -0.2) is 37.2 Å². The molecule has 0 aliphatic rings. The standard InChI is InChI=1S/C59H114O6/c1-5-7-9-11-13-15-17-19-21-22-23-24-26-28-30-35-39-43-47-51-58(61)64-54-56(65-59(62)52-48-44-40-36-32-31-33-37-41-45-49-55(3)4)53-63-57(60)50-46-42-38-34-29-27-25-20-18-16-14-12-10-8-6-2/h55-56H,5-54H2,1-4H3/t56-/m1/s1. The second-order valence-corrected chi connectivity index (χ2v) is 20.8. The fourth-order valence-corrected chi connectivity index (χ4v) is 9.10. The highest BCUT2D eigenvalue weighted by Crippen LogP contribution is 2.18. The van der Waals surface area contributed by atoms with Crippen LogP contribution in [0.1, 0.15) is 336 Å². The van der Waals surface area contributed by atoms with Gasteiger partial charge in [0.2, 0.25) is 0 Å². The Hall–Kier alpha value is -1.59. The van der Waals surface area contributed by atoms with Gasteiger partial charge in [-0.25, -0.2) is 0 Å². The van der Waals surface area contributed by atoms with E-state index in [1.54, 1.807) is 0 Å². The molecule has 6 nitrogen and oxygen atoms in total. The molecule has 0 aliphatic heterocycles. The normalized spacial score (nSPS) is 12.0. The first-order valence-electron chi connectivity index (χ1n) is 29.4. The summed E-state index contributed by atoms with van der Waals surface area (Å²) in [5.74, 6) is -0.0196. The highest BCUT2D eigenvalue weighted by molar-refractivity contribution is 5.71. The minimum atomic E-state index is -0.762. The highest BCUT2D eigenvalue weighted by Gasteiger charge is 2.19. The third-order valence-corrected chi connectivity index (χ3v) is 13.5. The molecule has 0 radical (unpaired) electrons. The van der Waals surface area contributed by atoms with Crippen molar-refractivity contribution >= 4 is 17.9 Å². The summed E-state index contributed by atoms with van der Waals surface area (Å²) in [5.41, 5.74) is 0. The van der Waals surface area contributed by atoms with E-state index in [1.165, 1.54) is 231 Å². The van der Waals surface area contributed by atoms with Gasteiger partial charge in [-0.1, -0.05) is 297 Å². The molecule has 6 heteroatoms. The Balaban J connectivity index is 4.26. The molecule has 0 aromatic heterocycles. The molecule has 0 unspecified atom stereocenters. The van der Waals surface area contributed by atoms with Crippen LogP contribution in [0.5, 0.6) is 0 Å². The molecular formula is C59H114O6. The van der Waals surface area contributed by atoms with Gasteiger partial charge in [-0.05, 0) is 25.2 Å². The Morgan fingerprint density at radius 1 is 0.292 bits per heavy atom. The van der Waals surface area contributed by atoms with Gasteiger partial charge in [0.15, 0.2) is 6.10 Å². The van der Waals surface area contributed by atoms with E-state index in [1.807, 2.05) is 0 Å². The minimum Gasteiger partial charge on any atom is -0.462 e. The van der Waals surface area contributed by atoms with Gasteiger partial charge in [-0.2, -0.15) is 0 Å². The van der Waals surface area contributed by atoms with Crippen molar-refractivity contribution < 1.29 is 28.6 Å². The van der Waals surface area contributed by atoms with Crippen molar-refractivity contribution in [3.05, 3.63) is 0 Å². The summed E-state index contributed by atoms with van der Waals surface area (Å²) < 4.78 is 16.9. The van der Waals surface area contributed by atoms with E-state index in [0.717, 1.165) is 63.7 Å². The number of unbranched alkanes of at least 4 members (excludes halogenated alkanes) is 41. The maximum Gasteiger partial charge on any atom is 0.306 e. The summed E-state index contributed by atoms with van der Waals surface area (Å²) >= 11 is 0. The van der Waals surface area contributed by atoms with Gasteiger partial charge < -0.3 is 14.2 Å². The molecule has 0 saturated carbocycles. The minimum absolute atomic E-state index is 0.0621. The van der Waals surface area contributed by atoms with Gasteiger partial charge in [0.25, 0.3) is 0 Å². The molecule has 65 heavy (non-hydrogen) atoms. The first-order valence-corrected chi connectivity index (χ1v) is 29.4. The van der Waals surface area contributed by atoms with E-state index in [2.05, 4.69) is 27.7 Å². The molecule has 386 valence electrons. The van der Waals surface area contributed by atoms with Crippen LogP contribution in [0.4, 0.5) is 0 Å². The van der Waals surface area contributed by atoms with E-state index in [9.17, 15) is 14.4 Å². The first-order chi connectivity index (χ1) is 31.9. The second kappa shape index (κ2) is 53.4. The molecule has 0 heterocycles. The Labute approximate surface area is 406 Å². The Morgan fingerprint density at radius 2 is 0.508 bits per heavy atom. The number of carbonyl (C=O) groups excluding carboxylic acids is 3. The molecule has 0 aromatic rings. The lowest BCUT2D eigenvalue weighted by Gasteiger charge is -2.18. The van der Waals surface area contributed by atoms with Crippen LogP contribution in [0.15, 0.2) is 0 Å². The van der Waals surface area contributed by atoms with E-state index in [4.69, 9.17) is 14.2 Å². The molecule has 1 atom stereocenters. The van der Waals surface area contributed by atoms with E-state index in [-0.39, 0.29) is 31.1 Å². The van der Waals surface area contributed by atoms with Crippen LogP contribution in [0.25, 0.3) is 0 Å². The zero-order valence-corrected chi connectivity index (χ0v) is 44.5. The van der Waals surface area contributed by atoms with Gasteiger partial charge >= 0.3 is 17.9 Å². The maximum absolute atomic E-state index is 12.8. The lowest BCUT2D eigenvalue weighted by molar-refractivity contribution is -0.167. The van der Waals surface area contributed by atoms with E-state index >= 15 is 0 Å². The van der Waals surface area contributed by atoms with Gasteiger partial charge in [0, 0.05) is 19.3 Å². The van der Waals surface area contributed by atoms with Crippen molar-refractivity contribution in [1.82, 2.24) is 0 Å². The van der Waals surface area contributed by atoms with Crippen LogP contribution in [-0.2, 0) is 28.6 Å². The maximum atomic E-state index is 12.8. The van der Waals surface area contributed by atoms with E-state index in [0.29, 0.717) is 19.3 Å². The SMILES string of the molecule is CCCCCCCCCCCCCCCCCCCCCC(=O)OC[C@@H](COC(=O)CCCCCCCCCCCCCCCCC)OC(=O)CCCCCCCCCCCCC(C)C. The molecule has 0 rings (SSSR count). The monoisotopic (exact) mass is 919 g/mol. The summed E-state index contributed by atoms with van der Waals surface area (Å²) in [6.45, 7) is 9.05. The molecule has 0 aliphatic carbocycles. The Kier molecular flexibility index (Phi) is 52.1. The molecule has 0 bridgehead atoms. The number of carbonyl (C=O) groups is 3. The fraction of sp³-hybridized carbons (Fsp3) is 0.949. The lowest BCUT2D eigenvalue weighted by atomic mass is 10.0. The van der Waals surface area contributed by atoms with Crippen LogP contribution < -0.4 is 0 Å². The van der Waals surface area contributed by atoms with Crippen molar-refractivity contribution in [2.75, 3.05) is 13.2 Å². The number of rotatable bonds is 54. The van der Waals surface area contributed by atoms with Crippen LogP contribution in [0, 0.1) is 5.92 Å². The molecule has 0 fully saturated rings.